The van der Waals surface area contributed by atoms with Gasteiger partial charge in [-0.3, -0.25) is 4.68 Å². The van der Waals surface area contributed by atoms with E-state index < -0.39 is 0 Å². The average Bonchev–Trinajstić information content (AvgIpc) is 2.72. The summed E-state index contributed by atoms with van der Waals surface area (Å²) in [6, 6.07) is 5.46. The molecule has 0 aliphatic heterocycles. The smallest absolute Gasteiger partial charge is 0.131 e. The summed E-state index contributed by atoms with van der Waals surface area (Å²) in [5.41, 5.74) is 2.86. The van der Waals surface area contributed by atoms with E-state index in [1.807, 2.05) is 23.7 Å². The molecule has 0 saturated carbocycles. The van der Waals surface area contributed by atoms with Crippen LogP contribution in [0.3, 0.4) is 0 Å². The highest BCUT2D eigenvalue weighted by Crippen LogP contribution is 2.27. The van der Waals surface area contributed by atoms with E-state index in [1.165, 1.54) is 0 Å². The molecule has 0 aliphatic carbocycles. The molecule has 3 nitrogen and oxygen atoms in total. The Morgan fingerprint density at radius 3 is 2.80 bits per heavy atom. The quantitative estimate of drug-likeness (QED) is 0.689. The predicted octanol–water partition coefficient (Wildman–Crippen LogP) is 4.95. The first-order valence-corrected chi connectivity index (χ1v) is 7.96. The summed E-state index contributed by atoms with van der Waals surface area (Å²) in [7, 11) is 0. The number of aryl methyl sites for hydroxylation is 2. The summed E-state index contributed by atoms with van der Waals surface area (Å²) in [4.78, 5) is 0. The van der Waals surface area contributed by atoms with Gasteiger partial charge in [-0.15, -0.1) is 11.6 Å². The number of alkyl halides is 1. The number of benzene rings is 1. The Kier molecular flexibility index (Phi) is 5.35. The second-order valence-corrected chi connectivity index (χ2v) is 5.83. The van der Waals surface area contributed by atoms with E-state index in [1.54, 1.807) is 6.07 Å². The molecular weight excluding hydrogens is 363 g/mol. The molecule has 0 N–H and O–H groups in total. The zero-order valence-electron chi connectivity index (χ0n) is 11.3. The lowest BCUT2D eigenvalue weighted by Gasteiger charge is -2.11. The van der Waals surface area contributed by atoms with Crippen molar-refractivity contribution < 1.29 is 4.74 Å². The van der Waals surface area contributed by atoms with Gasteiger partial charge in [0.05, 0.1) is 21.7 Å². The highest BCUT2D eigenvalue weighted by atomic mass is 79.9. The maximum atomic E-state index is 5.95. The molecule has 0 fully saturated rings. The Morgan fingerprint density at radius 1 is 1.40 bits per heavy atom. The maximum absolute atomic E-state index is 5.95. The third kappa shape index (κ3) is 3.30. The Balaban J connectivity index is 2.21. The van der Waals surface area contributed by atoms with Crippen molar-refractivity contribution in [1.82, 2.24) is 9.78 Å². The largest absolute Gasteiger partial charge is 0.487 e. The minimum absolute atomic E-state index is 0.364. The van der Waals surface area contributed by atoms with Crippen LogP contribution in [0.25, 0.3) is 0 Å². The van der Waals surface area contributed by atoms with Gasteiger partial charge in [-0.1, -0.05) is 11.6 Å². The second kappa shape index (κ2) is 6.83. The van der Waals surface area contributed by atoms with Gasteiger partial charge in [0.2, 0.25) is 0 Å². The minimum atomic E-state index is 0.364. The zero-order valence-corrected chi connectivity index (χ0v) is 14.4. The lowest BCUT2D eigenvalue weighted by molar-refractivity contribution is 0.289. The lowest BCUT2D eigenvalue weighted by Crippen LogP contribution is -2.07. The van der Waals surface area contributed by atoms with Crippen LogP contribution in [-0.2, 0) is 19.0 Å². The molecule has 20 heavy (non-hydrogen) atoms. The fourth-order valence-electron chi connectivity index (χ4n) is 1.95. The molecule has 0 amide bonds. The Bertz CT molecular complexity index is 613. The average molecular weight is 378 g/mol. The Labute approximate surface area is 137 Å². The highest BCUT2D eigenvalue weighted by molar-refractivity contribution is 9.10. The fraction of sp³-hybridized carbons (Fsp3) is 0.357. The maximum Gasteiger partial charge on any atom is 0.131 e. The van der Waals surface area contributed by atoms with Gasteiger partial charge < -0.3 is 4.74 Å². The number of aromatic nitrogens is 2. The molecule has 6 heteroatoms. The van der Waals surface area contributed by atoms with Gasteiger partial charge in [-0.25, -0.2) is 0 Å². The SMILES string of the molecule is CCn1nc(C)c(Br)c1COc1ccc(Cl)cc1CCl. The second-order valence-electron chi connectivity index (χ2n) is 4.34. The van der Waals surface area contributed by atoms with Crippen molar-refractivity contribution in [2.24, 2.45) is 0 Å². The first-order valence-electron chi connectivity index (χ1n) is 6.25. The summed E-state index contributed by atoms with van der Waals surface area (Å²) in [5.74, 6) is 1.11. The third-order valence-corrected chi connectivity index (χ3v) is 4.54. The molecule has 0 atom stereocenters. The first kappa shape index (κ1) is 15.7. The van der Waals surface area contributed by atoms with E-state index >= 15 is 0 Å². The van der Waals surface area contributed by atoms with Gasteiger partial charge in [0.25, 0.3) is 0 Å². The van der Waals surface area contributed by atoms with Gasteiger partial charge in [-0.2, -0.15) is 5.10 Å². The van der Waals surface area contributed by atoms with Crippen LogP contribution in [0.4, 0.5) is 0 Å². The molecule has 0 bridgehead atoms. The van der Waals surface area contributed by atoms with E-state index in [4.69, 9.17) is 27.9 Å². The summed E-state index contributed by atoms with van der Waals surface area (Å²) >= 11 is 15.4. The van der Waals surface area contributed by atoms with Crippen LogP contribution < -0.4 is 4.74 Å². The monoisotopic (exact) mass is 376 g/mol. The molecular formula is C14H15BrCl2N2O. The lowest BCUT2D eigenvalue weighted by atomic mass is 10.2. The fourth-order valence-corrected chi connectivity index (χ4v) is 2.75. The van der Waals surface area contributed by atoms with Crippen molar-refractivity contribution in [2.45, 2.75) is 32.9 Å². The molecule has 1 aromatic heterocycles. The van der Waals surface area contributed by atoms with Gasteiger partial charge in [0.1, 0.15) is 12.4 Å². The molecule has 1 heterocycles. The van der Waals surface area contributed by atoms with Gasteiger partial charge in [0, 0.05) is 17.1 Å². The summed E-state index contributed by atoms with van der Waals surface area (Å²) in [6.07, 6.45) is 0. The Morgan fingerprint density at radius 2 is 2.15 bits per heavy atom. The minimum Gasteiger partial charge on any atom is -0.487 e. The number of hydrogen-bond donors (Lipinski definition) is 0. The van der Waals surface area contributed by atoms with Gasteiger partial charge in [-0.05, 0) is 48.0 Å². The molecule has 0 unspecified atom stereocenters. The van der Waals surface area contributed by atoms with Gasteiger partial charge >= 0.3 is 0 Å². The van der Waals surface area contributed by atoms with Crippen LogP contribution in [0.15, 0.2) is 22.7 Å². The molecule has 1 aromatic carbocycles. The Hall–Kier alpha value is -0.710. The summed E-state index contributed by atoms with van der Waals surface area (Å²) in [5, 5.41) is 5.10. The number of hydrogen-bond acceptors (Lipinski definition) is 2. The van der Waals surface area contributed by atoms with Crippen LogP contribution in [0.5, 0.6) is 5.75 Å². The number of nitrogens with zero attached hydrogens (tertiary/aromatic N) is 2. The molecule has 0 radical (unpaired) electrons. The first-order chi connectivity index (χ1) is 9.56. The van der Waals surface area contributed by atoms with Crippen LogP contribution in [0.1, 0.15) is 23.9 Å². The third-order valence-electron chi connectivity index (χ3n) is 2.98. The topological polar surface area (TPSA) is 27.1 Å². The molecule has 108 valence electrons. The van der Waals surface area contributed by atoms with Gasteiger partial charge in [0.15, 0.2) is 0 Å². The molecule has 0 aliphatic rings. The number of halogens is 3. The highest BCUT2D eigenvalue weighted by Gasteiger charge is 2.13. The van der Waals surface area contributed by atoms with Crippen molar-refractivity contribution in [3.8, 4) is 5.75 Å². The molecule has 0 spiro atoms. The number of ether oxygens (including phenoxy) is 1. The van der Waals surface area contributed by atoms with Crippen LogP contribution >= 0.6 is 39.1 Å². The van der Waals surface area contributed by atoms with Crippen molar-refractivity contribution in [3.63, 3.8) is 0 Å². The van der Waals surface area contributed by atoms with E-state index in [2.05, 4.69) is 28.0 Å². The number of rotatable bonds is 5. The van der Waals surface area contributed by atoms with E-state index in [9.17, 15) is 0 Å². The molecule has 2 rings (SSSR count). The molecule has 2 aromatic rings. The van der Waals surface area contributed by atoms with Crippen molar-refractivity contribution >= 4 is 39.1 Å². The molecule has 0 saturated heterocycles. The zero-order chi connectivity index (χ0) is 14.7. The standard InChI is InChI=1S/C14H15BrCl2N2O/c1-3-19-12(14(15)9(2)18-19)8-20-13-5-4-11(17)6-10(13)7-16/h4-6H,3,7-8H2,1-2H3. The van der Waals surface area contributed by atoms with Crippen molar-refractivity contribution in [1.29, 1.82) is 0 Å². The summed E-state index contributed by atoms with van der Waals surface area (Å²) < 4.78 is 8.78. The summed E-state index contributed by atoms with van der Waals surface area (Å²) in [6.45, 7) is 5.25. The van der Waals surface area contributed by atoms with Crippen molar-refractivity contribution in [3.05, 3.63) is 44.6 Å². The van der Waals surface area contributed by atoms with Crippen LogP contribution in [-0.4, -0.2) is 9.78 Å². The van der Waals surface area contributed by atoms with Crippen molar-refractivity contribution in [2.75, 3.05) is 0 Å². The van der Waals surface area contributed by atoms with E-state index in [0.717, 1.165) is 33.7 Å². The normalized spacial score (nSPS) is 10.8. The predicted molar refractivity (Wildman–Crippen MR) is 85.7 cm³/mol. The van der Waals surface area contributed by atoms with Crippen LogP contribution in [0, 0.1) is 6.92 Å². The van der Waals surface area contributed by atoms with Crippen LogP contribution in [0.2, 0.25) is 5.02 Å². The van der Waals surface area contributed by atoms with E-state index in [-0.39, 0.29) is 0 Å². The van der Waals surface area contributed by atoms with E-state index in [0.29, 0.717) is 17.5 Å².